The molecular weight excluding hydrogens is 272 g/mol. The Morgan fingerprint density at radius 1 is 0.810 bits per heavy atom. The Hall–Kier alpha value is -2.82. The van der Waals surface area contributed by atoms with Gasteiger partial charge in [0.1, 0.15) is 11.5 Å². The Balaban J connectivity index is 2.44. The molecule has 0 aliphatic carbocycles. The monoisotopic (exact) mass is 286 g/mol. The van der Waals surface area contributed by atoms with E-state index < -0.39 is 11.9 Å². The van der Waals surface area contributed by atoms with Crippen LogP contribution in [-0.2, 0) is 0 Å². The molecule has 0 spiro atoms. The lowest BCUT2D eigenvalue weighted by Gasteiger charge is -2.13. The molecule has 0 bridgehead atoms. The molecule has 0 aliphatic heterocycles. The minimum absolute atomic E-state index is 0.152. The van der Waals surface area contributed by atoms with E-state index in [9.17, 15) is 9.59 Å². The van der Waals surface area contributed by atoms with E-state index in [4.69, 9.17) is 14.9 Å². The summed E-state index contributed by atoms with van der Waals surface area (Å²) < 4.78 is 5.69. The third-order valence-corrected chi connectivity index (χ3v) is 3.25. The van der Waals surface area contributed by atoms with Gasteiger partial charge in [-0.2, -0.15) is 0 Å². The van der Waals surface area contributed by atoms with E-state index in [0.29, 0.717) is 22.6 Å². The second-order valence-corrected chi connectivity index (χ2v) is 4.57. The van der Waals surface area contributed by atoms with Crippen LogP contribution in [0.5, 0.6) is 11.5 Å². The topological polar surface area (TPSA) is 83.8 Å². The molecule has 0 atom stereocenters. The van der Waals surface area contributed by atoms with Crippen LogP contribution in [0.3, 0.4) is 0 Å². The van der Waals surface area contributed by atoms with Crippen molar-refractivity contribution in [1.29, 1.82) is 0 Å². The normalized spacial score (nSPS) is 10.2. The van der Waals surface area contributed by atoms with Crippen LogP contribution in [-0.4, -0.2) is 22.2 Å². The number of carboxylic acid groups (broad SMARTS) is 2. The van der Waals surface area contributed by atoms with Crippen LogP contribution in [0.4, 0.5) is 0 Å². The average molecular weight is 286 g/mol. The van der Waals surface area contributed by atoms with E-state index in [2.05, 4.69) is 0 Å². The molecule has 5 heteroatoms. The van der Waals surface area contributed by atoms with Crippen LogP contribution in [0.15, 0.2) is 36.4 Å². The highest BCUT2D eigenvalue weighted by Gasteiger charge is 2.15. The molecule has 108 valence electrons. The Morgan fingerprint density at radius 2 is 1.19 bits per heavy atom. The second-order valence-electron chi connectivity index (χ2n) is 4.57. The number of hydrogen-bond donors (Lipinski definition) is 2. The summed E-state index contributed by atoms with van der Waals surface area (Å²) in [7, 11) is 0. The van der Waals surface area contributed by atoms with Gasteiger partial charge < -0.3 is 14.9 Å². The summed E-state index contributed by atoms with van der Waals surface area (Å²) in [4.78, 5) is 22.2. The molecule has 5 nitrogen and oxygen atoms in total. The Kier molecular flexibility index (Phi) is 3.93. The molecule has 2 aromatic carbocycles. The lowest BCUT2D eigenvalue weighted by molar-refractivity contribution is 0.0685. The molecule has 0 unspecified atom stereocenters. The summed E-state index contributed by atoms with van der Waals surface area (Å²) in [6.45, 7) is 3.30. The maximum atomic E-state index is 11.1. The number of rotatable bonds is 4. The molecule has 0 aliphatic rings. The number of carboxylic acids is 2. The van der Waals surface area contributed by atoms with Crippen molar-refractivity contribution in [2.75, 3.05) is 0 Å². The summed E-state index contributed by atoms with van der Waals surface area (Å²) in [6.07, 6.45) is 0. The van der Waals surface area contributed by atoms with Gasteiger partial charge in [-0.25, -0.2) is 9.59 Å². The molecule has 21 heavy (non-hydrogen) atoms. The van der Waals surface area contributed by atoms with E-state index in [0.717, 1.165) is 0 Å². The molecule has 0 saturated heterocycles. The van der Waals surface area contributed by atoms with Crippen molar-refractivity contribution in [3.63, 3.8) is 0 Å². The van der Waals surface area contributed by atoms with E-state index in [1.165, 1.54) is 12.1 Å². The van der Waals surface area contributed by atoms with Gasteiger partial charge in [0.05, 0.1) is 11.1 Å². The van der Waals surface area contributed by atoms with Gasteiger partial charge in [0.2, 0.25) is 0 Å². The van der Waals surface area contributed by atoms with Gasteiger partial charge in [-0.05, 0) is 38.1 Å². The van der Waals surface area contributed by atoms with Gasteiger partial charge in [-0.3, -0.25) is 0 Å². The van der Waals surface area contributed by atoms with Crippen molar-refractivity contribution < 1.29 is 24.5 Å². The summed E-state index contributed by atoms with van der Waals surface area (Å²) in [5.74, 6) is -1.29. The first-order chi connectivity index (χ1) is 9.91. The Bertz CT molecular complexity index is 657. The minimum atomic E-state index is -1.03. The smallest absolute Gasteiger partial charge is 0.336 e. The van der Waals surface area contributed by atoms with Crippen molar-refractivity contribution in [1.82, 2.24) is 0 Å². The van der Waals surface area contributed by atoms with Crippen molar-refractivity contribution in [2.45, 2.75) is 13.8 Å². The predicted molar refractivity (Wildman–Crippen MR) is 76.4 cm³/mol. The van der Waals surface area contributed by atoms with Gasteiger partial charge in [0.25, 0.3) is 0 Å². The highest BCUT2D eigenvalue weighted by molar-refractivity contribution is 5.91. The molecule has 2 rings (SSSR count). The fourth-order valence-corrected chi connectivity index (χ4v) is 2.03. The zero-order valence-electron chi connectivity index (χ0n) is 11.6. The molecule has 0 aromatic heterocycles. The van der Waals surface area contributed by atoms with E-state index in [1.807, 2.05) is 0 Å². The molecule has 0 saturated carbocycles. The van der Waals surface area contributed by atoms with Gasteiger partial charge >= 0.3 is 11.9 Å². The minimum Gasteiger partial charge on any atom is -0.478 e. The number of benzene rings is 2. The Labute approximate surface area is 121 Å². The quantitative estimate of drug-likeness (QED) is 0.898. The zero-order valence-corrected chi connectivity index (χ0v) is 11.6. The van der Waals surface area contributed by atoms with Crippen molar-refractivity contribution >= 4 is 11.9 Å². The largest absolute Gasteiger partial charge is 0.478 e. The number of hydrogen-bond acceptors (Lipinski definition) is 3. The fourth-order valence-electron chi connectivity index (χ4n) is 2.03. The zero-order chi connectivity index (χ0) is 15.6. The summed E-state index contributed by atoms with van der Waals surface area (Å²) >= 11 is 0. The van der Waals surface area contributed by atoms with Crippen molar-refractivity contribution in [3.8, 4) is 11.5 Å². The van der Waals surface area contributed by atoms with Gasteiger partial charge in [0.15, 0.2) is 0 Å². The molecule has 0 heterocycles. The lowest BCUT2D eigenvalue weighted by Crippen LogP contribution is -2.03. The van der Waals surface area contributed by atoms with Crippen LogP contribution in [0, 0.1) is 13.8 Å². The standard InChI is InChI=1S/C16H14O5/c1-9-11(15(17)18)5-3-7-13(9)21-14-8-4-6-12(10(14)2)16(19)20/h3-8H,1-2H3,(H,17,18)(H,19,20). The molecule has 2 N–H and O–H groups in total. The van der Waals surface area contributed by atoms with Gasteiger partial charge in [0, 0.05) is 11.1 Å². The first-order valence-corrected chi connectivity index (χ1v) is 6.25. The van der Waals surface area contributed by atoms with Crippen LogP contribution in [0.1, 0.15) is 31.8 Å². The maximum Gasteiger partial charge on any atom is 0.336 e. The molecule has 0 radical (unpaired) electrons. The van der Waals surface area contributed by atoms with E-state index in [-0.39, 0.29) is 11.1 Å². The van der Waals surface area contributed by atoms with Crippen LogP contribution < -0.4 is 4.74 Å². The summed E-state index contributed by atoms with van der Waals surface area (Å²) in [5.41, 5.74) is 1.29. The fraction of sp³-hybridized carbons (Fsp3) is 0.125. The van der Waals surface area contributed by atoms with Crippen LogP contribution in [0.2, 0.25) is 0 Å². The Morgan fingerprint density at radius 3 is 1.52 bits per heavy atom. The molecule has 0 fully saturated rings. The van der Waals surface area contributed by atoms with Crippen LogP contribution >= 0.6 is 0 Å². The SMILES string of the molecule is Cc1c(Oc2cccc(C(=O)O)c2C)cccc1C(=O)O. The molecule has 2 aromatic rings. The van der Waals surface area contributed by atoms with Gasteiger partial charge in [-0.15, -0.1) is 0 Å². The number of aromatic carboxylic acids is 2. The average Bonchev–Trinajstić information content (AvgIpc) is 2.42. The molecular formula is C16H14O5. The second kappa shape index (κ2) is 5.66. The summed E-state index contributed by atoms with van der Waals surface area (Å²) in [6, 6.07) is 9.45. The van der Waals surface area contributed by atoms with Crippen LogP contribution in [0.25, 0.3) is 0 Å². The first kappa shape index (κ1) is 14.6. The predicted octanol–water partition coefficient (Wildman–Crippen LogP) is 3.49. The van der Waals surface area contributed by atoms with E-state index >= 15 is 0 Å². The molecule has 0 amide bonds. The van der Waals surface area contributed by atoms with Crippen molar-refractivity contribution in [3.05, 3.63) is 58.7 Å². The van der Waals surface area contributed by atoms with E-state index in [1.54, 1.807) is 38.1 Å². The first-order valence-electron chi connectivity index (χ1n) is 6.25. The summed E-state index contributed by atoms with van der Waals surface area (Å²) in [5, 5.41) is 18.2. The van der Waals surface area contributed by atoms with Crippen molar-refractivity contribution in [2.24, 2.45) is 0 Å². The van der Waals surface area contributed by atoms with Gasteiger partial charge in [-0.1, -0.05) is 12.1 Å². The third-order valence-electron chi connectivity index (χ3n) is 3.25. The highest BCUT2D eigenvalue weighted by atomic mass is 16.5. The maximum absolute atomic E-state index is 11.1. The lowest BCUT2D eigenvalue weighted by atomic mass is 10.1. The number of ether oxygens (including phenoxy) is 1. The third kappa shape index (κ3) is 2.86. The number of carbonyl (C=O) groups is 2. The highest BCUT2D eigenvalue weighted by Crippen LogP contribution is 2.30.